The molecule has 0 saturated carbocycles. The van der Waals surface area contributed by atoms with Gasteiger partial charge in [0.25, 0.3) is 5.01 Å². The number of hydrogen-bond donors (Lipinski definition) is 0. The number of Topliss-reactive ketones (excluding diaryl/α,β-unsaturated/α-hetero) is 1. The molecular weight excluding hydrogens is 360 g/mol. The molecule has 3 nitrogen and oxygen atoms in total. The summed E-state index contributed by atoms with van der Waals surface area (Å²) >= 11 is 3.61. The second kappa shape index (κ2) is 6.89. The molecular formula is C21H21N2OS2+. The average molecular weight is 382 g/mol. The average Bonchev–Trinajstić information content (AvgIpc) is 3.17. The van der Waals surface area contributed by atoms with E-state index in [-0.39, 0.29) is 5.78 Å². The number of thioether (sulfide) groups is 1. The van der Waals surface area contributed by atoms with Crippen molar-refractivity contribution in [2.24, 2.45) is 0 Å². The molecule has 0 spiro atoms. The summed E-state index contributed by atoms with van der Waals surface area (Å²) in [5.41, 5.74) is 3.20. The number of nitrogens with zero attached hydrogens (tertiary/aromatic N) is 2. The molecule has 0 radical (unpaired) electrons. The summed E-state index contributed by atoms with van der Waals surface area (Å²) in [7, 11) is 0. The molecule has 1 aliphatic rings. The molecule has 0 bridgehead atoms. The molecule has 1 aromatic heterocycles. The molecule has 1 aliphatic heterocycles. The lowest BCUT2D eigenvalue weighted by Gasteiger charge is -2.17. The third kappa shape index (κ3) is 2.85. The van der Waals surface area contributed by atoms with E-state index in [2.05, 4.69) is 59.7 Å². The quantitative estimate of drug-likeness (QED) is 0.450. The lowest BCUT2D eigenvalue weighted by atomic mass is 10.1. The summed E-state index contributed by atoms with van der Waals surface area (Å²) in [6, 6.07) is 14.6. The van der Waals surface area contributed by atoms with E-state index >= 15 is 0 Å². The van der Waals surface area contributed by atoms with Crippen molar-refractivity contribution in [1.82, 2.24) is 0 Å². The molecule has 0 unspecified atom stereocenters. The first kappa shape index (κ1) is 17.3. The topological polar surface area (TPSA) is 24.2 Å². The Kier molecular flexibility index (Phi) is 4.59. The van der Waals surface area contributed by atoms with Crippen LogP contribution in [0.3, 0.4) is 0 Å². The SMILES string of the molecule is CCN1C(=Cc2sc3ccccc3[n+]2CC)Sc2ccc(C(C)=O)cc21. The van der Waals surface area contributed by atoms with Crippen molar-refractivity contribution in [2.75, 3.05) is 11.4 Å². The predicted octanol–water partition coefficient (Wildman–Crippen LogP) is 5.34. The highest BCUT2D eigenvalue weighted by Gasteiger charge is 2.27. The molecule has 0 aliphatic carbocycles. The highest BCUT2D eigenvalue weighted by molar-refractivity contribution is 8.03. The van der Waals surface area contributed by atoms with Crippen molar-refractivity contribution in [3.05, 3.63) is 58.1 Å². The van der Waals surface area contributed by atoms with Crippen LogP contribution in [0.15, 0.2) is 52.4 Å². The molecule has 0 N–H and O–H groups in total. The van der Waals surface area contributed by atoms with Crippen molar-refractivity contribution < 1.29 is 9.36 Å². The van der Waals surface area contributed by atoms with E-state index < -0.39 is 0 Å². The number of aromatic nitrogens is 1. The van der Waals surface area contributed by atoms with E-state index in [1.165, 1.54) is 25.1 Å². The van der Waals surface area contributed by atoms with E-state index in [1.807, 2.05) is 23.5 Å². The Balaban J connectivity index is 1.80. The van der Waals surface area contributed by atoms with Crippen molar-refractivity contribution >= 4 is 50.9 Å². The molecule has 26 heavy (non-hydrogen) atoms. The third-order valence-electron chi connectivity index (χ3n) is 4.65. The second-order valence-corrected chi connectivity index (χ2v) is 8.34. The summed E-state index contributed by atoms with van der Waals surface area (Å²) in [6.07, 6.45) is 2.29. The maximum atomic E-state index is 11.8. The minimum Gasteiger partial charge on any atom is -0.335 e. The van der Waals surface area contributed by atoms with Crippen LogP contribution in [0, 0.1) is 0 Å². The van der Waals surface area contributed by atoms with Crippen LogP contribution in [0.2, 0.25) is 0 Å². The number of carbonyl (C=O) groups excluding carboxylic acids is 1. The number of benzene rings is 2. The van der Waals surface area contributed by atoms with Crippen LogP contribution in [-0.4, -0.2) is 12.3 Å². The van der Waals surface area contributed by atoms with Gasteiger partial charge in [-0.15, -0.1) is 0 Å². The number of fused-ring (bicyclic) bond motifs is 2. The largest absolute Gasteiger partial charge is 0.335 e. The summed E-state index contributed by atoms with van der Waals surface area (Å²) < 4.78 is 3.68. The molecule has 132 valence electrons. The van der Waals surface area contributed by atoms with E-state index in [4.69, 9.17) is 0 Å². The van der Waals surface area contributed by atoms with Gasteiger partial charge in [0, 0.05) is 23.1 Å². The molecule has 2 aromatic carbocycles. The molecule has 0 saturated heterocycles. The Morgan fingerprint density at radius 2 is 2.00 bits per heavy atom. The molecule has 2 heterocycles. The normalized spacial score (nSPS) is 15.0. The van der Waals surface area contributed by atoms with Crippen LogP contribution < -0.4 is 9.47 Å². The number of thiazole rings is 1. The van der Waals surface area contributed by atoms with Gasteiger partial charge in [0.2, 0.25) is 5.52 Å². The fourth-order valence-corrected chi connectivity index (χ4v) is 5.73. The van der Waals surface area contributed by atoms with Gasteiger partial charge in [-0.1, -0.05) is 41.3 Å². The van der Waals surface area contributed by atoms with E-state index in [0.29, 0.717) is 0 Å². The summed E-state index contributed by atoms with van der Waals surface area (Å²) in [6.45, 7) is 7.79. The molecule has 0 fully saturated rings. The Morgan fingerprint density at radius 1 is 1.19 bits per heavy atom. The van der Waals surface area contributed by atoms with Gasteiger partial charge in [-0.05, 0) is 39.0 Å². The number of aryl methyl sites for hydroxylation is 1. The van der Waals surface area contributed by atoms with Gasteiger partial charge in [-0.3, -0.25) is 4.79 Å². The minimum atomic E-state index is 0.111. The first-order valence-corrected chi connectivity index (χ1v) is 10.5. The van der Waals surface area contributed by atoms with E-state index in [0.717, 1.165) is 24.3 Å². The van der Waals surface area contributed by atoms with Gasteiger partial charge in [0.1, 0.15) is 11.2 Å². The maximum absolute atomic E-state index is 11.8. The Bertz CT molecular complexity index is 1040. The number of carbonyl (C=O) groups is 1. The van der Waals surface area contributed by atoms with Gasteiger partial charge in [-0.2, -0.15) is 4.57 Å². The number of hydrogen-bond acceptors (Lipinski definition) is 4. The third-order valence-corrected chi connectivity index (χ3v) is 6.88. The fourth-order valence-electron chi connectivity index (χ4n) is 3.35. The fraction of sp³-hybridized carbons (Fsp3) is 0.238. The lowest BCUT2D eigenvalue weighted by molar-refractivity contribution is -0.665. The first-order chi connectivity index (χ1) is 12.6. The summed E-state index contributed by atoms with van der Waals surface area (Å²) in [5, 5.41) is 2.48. The first-order valence-electron chi connectivity index (χ1n) is 8.85. The number of anilines is 1. The second-order valence-electron chi connectivity index (χ2n) is 6.22. The standard InChI is InChI=1S/C21H21N2OS2/c1-4-22-16-8-6-7-9-18(16)25-20(22)13-21-23(5-2)17-12-15(14(3)24)10-11-19(17)26-21/h6-13H,4-5H2,1-3H3/q+1. The minimum absolute atomic E-state index is 0.111. The van der Waals surface area contributed by atoms with Crippen molar-refractivity contribution in [1.29, 1.82) is 0 Å². The number of ketones is 1. The Labute approximate surface area is 162 Å². The van der Waals surface area contributed by atoms with Gasteiger partial charge < -0.3 is 4.90 Å². The van der Waals surface area contributed by atoms with Gasteiger partial charge >= 0.3 is 0 Å². The van der Waals surface area contributed by atoms with Crippen molar-refractivity contribution in [2.45, 2.75) is 32.2 Å². The van der Waals surface area contributed by atoms with Crippen molar-refractivity contribution in [3.8, 4) is 0 Å². The Hall–Kier alpha value is -2.11. The van der Waals surface area contributed by atoms with Crippen LogP contribution in [0.25, 0.3) is 16.3 Å². The van der Waals surface area contributed by atoms with Crippen molar-refractivity contribution in [3.63, 3.8) is 0 Å². The number of rotatable bonds is 4. The van der Waals surface area contributed by atoms with Crippen LogP contribution in [0.5, 0.6) is 0 Å². The maximum Gasteiger partial charge on any atom is 0.265 e. The molecule has 0 atom stereocenters. The molecule has 3 aromatic rings. The van der Waals surface area contributed by atoms with Gasteiger partial charge in [0.15, 0.2) is 5.78 Å². The molecule has 5 heteroatoms. The van der Waals surface area contributed by atoms with Crippen LogP contribution in [0.4, 0.5) is 5.69 Å². The lowest BCUT2D eigenvalue weighted by Crippen LogP contribution is -2.33. The monoisotopic (exact) mass is 381 g/mol. The van der Waals surface area contributed by atoms with E-state index in [1.54, 1.807) is 18.7 Å². The summed E-state index contributed by atoms with van der Waals surface area (Å²) in [4.78, 5) is 15.3. The van der Waals surface area contributed by atoms with Crippen LogP contribution in [0.1, 0.15) is 36.1 Å². The molecule has 0 amide bonds. The predicted molar refractivity (Wildman–Crippen MR) is 111 cm³/mol. The summed E-state index contributed by atoms with van der Waals surface area (Å²) in [5.74, 6) is 0.111. The zero-order chi connectivity index (χ0) is 18.3. The van der Waals surface area contributed by atoms with Gasteiger partial charge in [0.05, 0.1) is 16.8 Å². The van der Waals surface area contributed by atoms with Gasteiger partial charge in [-0.25, -0.2) is 0 Å². The van der Waals surface area contributed by atoms with Crippen LogP contribution >= 0.6 is 23.1 Å². The van der Waals surface area contributed by atoms with Crippen LogP contribution in [-0.2, 0) is 6.54 Å². The Morgan fingerprint density at radius 3 is 2.73 bits per heavy atom. The number of para-hydroxylation sites is 1. The highest BCUT2D eigenvalue weighted by Crippen LogP contribution is 2.47. The zero-order valence-corrected chi connectivity index (χ0v) is 16.8. The highest BCUT2D eigenvalue weighted by atomic mass is 32.2. The molecule has 4 rings (SSSR count). The zero-order valence-electron chi connectivity index (χ0n) is 15.2. The van der Waals surface area contributed by atoms with E-state index in [9.17, 15) is 4.79 Å². The smallest absolute Gasteiger partial charge is 0.265 e.